The molecule has 7 nitrogen and oxygen atoms in total. The van der Waals surface area contributed by atoms with Crippen molar-refractivity contribution in [1.82, 2.24) is 4.72 Å². The lowest BCUT2D eigenvalue weighted by Gasteiger charge is -2.22. The fourth-order valence-electron chi connectivity index (χ4n) is 2.12. The Hall–Kier alpha value is -1.35. The molecule has 21 heavy (non-hydrogen) atoms. The summed E-state index contributed by atoms with van der Waals surface area (Å²) in [6, 6.07) is 4.44. The van der Waals surface area contributed by atoms with E-state index < -0.39 is 15.6 Å². The summed E-state index contributed by atoms with van der Waals surface area (Å²) in [5.41, 5.74) is 5.81. The second-order valence-corrected chi connectivity index (χ2v) is 6.90. The highest BCUT2D eigenvalue weighted by Crippen LogP contribution is 2.25. The van der Waals surface area contributed by atoms with E-state index in [1.807, 2.05) is 0 Å². The molecule has 5 N–H and O–H groups in total. The fraction of sp³-hybridized carbons (Fsp3) is 0.538. The Bertz CT molecular complexity index is 597. The van der Waals surface area contributed by atoms with E-state index in [9.17, 15) is 13.5 Å². The molecule has 8 heteroatoms. The Balaban J connectivity index is 2.16. The molecule has 0 amide bonds. The number of rotatable bonds is 6. The summed E-state index contributed by atoms with van der Waals surface area (Å²) in [5, 5.41) is 13.2. The molecule has 1 unspecified atom stereocenters. The van der Waals surface area contributed by atoms with Crippen molar-refractivity contribution in [2.45, 2.75) is 23.8 Å². The number of ether oxygens (including phenoxy) is 1. The number of hydrogen-bond acceptors (Lipinski definition) is 6. The van der Waals surface area contributed by atoms with Gasteiger partial charge in [0.2, 0.25) is 10.0 Å². The fourth-order valence-corrected chi connectivity index (χ4v) is 3.19. The van der Waals surface area contributed by atoms with Crippen molar-refractivity contribution < 1.29 is 18.3 Å². The molecule has 0 saturated carbocycles. The lowest BCUT2D eigenvalue weighted by atomic mass is 10.0. The third-order valence-corrected chi connectivity index (χ3v) is 4.90. The highest BCUT2D eigenvalue weighted by molar-refractivity contribution is 7.89. The van der Waals surface area contributed by atoms with Gasteiger partial charge in [0.1, 0.15) is 5.60 Å². The summed E-state index contributed by atoms with van der Waals surface area (Å²) in [5.74, 6) is 0. The van der Waals surface area contributed by atoms with Gasteiger partial charge < -0.3 is 20.9 Å². The van der Waals surface area contributed by atoms with Crippen molar-refractivity contribution in [3.05, 3.63) is 18.2 Å². The first-order chi connectivity index (χ1) is 9.86. The van der Waals surface area contributed by atoms with E-state index in [0.717, 1.165) is 0 Å². The van der Waals surface area contributed by atoms with Gasteiger partial charge in [-0.3, -0.25) is 0 Å². The number of nitrogen functional groups attached to an aromatic ring is 1. The topological polar surface area (TPSA) is 114 Å². The van der Waals surface area contributed by atoms with Gasteiger partial charge >= 0.3 is 0 Å². The normalized spacial score (nSPS) is 22.4. The monoisotopic (exact) mass is 315 g/mol. The Morgan fingerprint density at radius 1 is 1.48 bits per heavy atom. The van der Waals surface area contributed by atoms with Crippen LogP contribution >= 0.6 is 0 Å². The van der Waals surface area contributed by atoms with Crippen LogP contribution in [0.15, 0.2) is 23.1 Å². The number of anilines is 2. The van der Waals surface area contributed by atoms with Gasteiger partial charge in [-0.2, -0.15) is 0 Å². The van der Waals surface area contributed by atoms with Crippen molar-refractivity contribution in [2.75, 3.05) is 37.4 Å². The van der Waals surface area contributed by atoms with Gasteiger partial charge in [-0.1, -0.05) is 6.92 Å². The molecule has 1 aromatic carbocycles. The van der Waals surface area contributed by atoms with Crippen LogP contribution in [0.4, 0.5) is 11.4 Å². The molecule has 2 rings (SSSR count). The summed E-state index contributed by atoms with van der Waals surface area (Å²) in [7, 11) is -3.53. The van der Waals surface area contributed by atoms with Crippen molar-refractivity contribution in [3.8, 4) is 0 Å². The second-order valence-electron chi connectivity index (χ2n) is 5.13. The molecule has 1 aliphatic heterocycles. The number of sulfonamides is 1. The highest BCUT2D eigenvalue weighted by atomic mass is 32.2. The summed E-state index contributed by atoms with van der Waals surface area (Å²) in [4.78, 5) is 0.135. The molecule has 0 aliphatic carbocycles. The zero-order valence-electron chi connectivity index (χ0n) is 11.9. The Morgan fingerprint density at radius 3 is 2.86 bits per heavy atom. The summed E-state index contributed by atoms with van der Waals surface area (Å²) >= 11 is 0. The minimum Gasteiger partial charge on any atom is -0.397 e. The van der Waals surface area contributed by atoms with E-state index >= 15 is 0 Å². The molecule has 1 saturated heterocycles. The largest absolute Gasteiger partial charge is 0.397 e. The van der Waals surface area contributed by atoms with Gasteiger partial charge in [0.15, 0.2) is 0 Å². The zero-order valence-corrected chi connectivity index (χ0v) is 12.7. The van der Waals surface area contributed by atoms with Crippen LogP contribution in [0, 0.1) is 0 Å². The predicted molar refractivity (Wildman–Crippen MR) is 80.6 cm³/mol. The predicted octanol–water partition coefficient (Wildman–Crippen LogP) is 0.130. The Morgan fingerprint density at radius 2 is 2.24 bits per heavy atom. The van der Waals surface area contributed by atoms with E-state index in [1.165, 1.54) is 18.2 Å². The first-order valence-electron chi connectivity index (χ1n) is 6.79. The number of nitrogens with one attached hydrogen (secondary N) is 2. The van der Waals surface area contributed by atoms with Crippen molar-refractivity contribution >= 4 is 21.4 Å². The molecular formula is C13H21N3O4S. The Kier molecular flexibility index (Phi) is 4.72. The minimum absolute atomic E-state index is 0.135. The maximum absolute atomic E-state index is 12.0. The molecule has 1 aliphatic rings. The molecular weight excluding hydrogens is 294 g/mol. The number of aliphatic hydroxyl groups is 1. The molecule has 1 fully saturated rings. The standard InChI is InChI=1S/C13H21N3O4S/c1-2-16-21(18,19)10-3-4-11(14)12(7-10)15-8-13(17)5-6-20-9-13/h3-4,7,15-17H,2,5-6,8-9,14H2,1H3. The van der Waals surface area contributed by atoms with Gasteiger partial charge in [0.25, 0.3) is 0 Å². The van der Waals surface area contributed by atoms with Crippen LogP contribution < -0.4 is 15.8 Å². The minimum atomic E-state index is -3.53. The van der Waals surface area contributed by atoms with Crippen LogP contribution in [0.25, 0.3) is 0 Å². The average molecular weight is 315 g/mol. The Labute approximate surface area is 124 Å². The lowest BCUT2D eigenvalue weighted by molar-refractivity contribution is 0.0382. The van der Waals surface area contributed by atoms with E-state index in [4.69, 9.17) is 10.5 Å². The highest BCUT2D eigenvalue weighted by Gasteiger charge is 2.32. The lowest BCUT2D eigenvalue weighted by Crippen LogP contribution is -2.37. The average Bonchev–Trinajstić information content (AvgIpc) is 2.85. The number of nitrogens with two attached hydrogens (primary N) is 1. The van der Waals surface area contributed by atoms with E-state index in [1.54, 1.807) is 6.92 Å². The van der Waals surface area contributed by atoms with Crippen LogP contribution in [0.3, 0.4) is 0 Å². The van der Waals surface area contributed by atoms with Crippen LogP contribution in [0.1, 0.15) is 13.3 Å². The summed E-state index contributed by atoms with van der Waals surface area (Å²) < 4.78 is 31.5. The molecule has 118 valence electrons. The molecule has 0 aromatic heterocycles. The third-order valence-electron chi connectivity index (χ3n) is 3.36. The first-order valence-corrected chi connectivity index (χ1v) is 8.28. The molecule has 0 bridgehead atoms. The molecule has 1 atom stereocenters. The van der Waals surface area contributed by atoms with Gasteiger partial charge in [-0.25, -0.2) is 13.1 Å². The number of benzene rings is 1. The molecule has 1 aromatic rings. The van der Waals surface area contributed by atoms with Crippen molar-refractivity contribution in [3.63, 3.8) is 0 Å². The zero-order chi connectivity index (χ0) is 15.5. The van der Waals surface area contributed by atoms with Crippen molar-refractivity contribution in [2.24, 2.45) is 0 Å². The van der Waals surface area contributed by atoms with Crippen LogP contribution in [0.5, 0.6) is 0 Å². The summed E-state index contributed by atoms with van der Waals surface area (Å²) in [6.07, 6.45) is 0.537. The van der Waals surface area contributed by atoms with E-state index in [2.05, 4.69) is 10.0 Å². The van der Waals surface area contributed by atoms with E-state index in [0.29, 0.717) is 30.9 Å². The van der Waals surface area contributed by atoms with E-state index in [-0.39, 0.29) is 18.0 Å². The number of hydrogen-bond donors (Lipinski definition) is 4. The maximum atomic E-state index is 12.0. The van der Waals surface area contributed by atoms with Crippen LogP contribution in [0.2, 0.25) is 0 Å². The van der Waals surface area contributed by atoms with Gasteiger partial charge in [-0.05, 0) is 18.2 Å². The van der Waals surface area contributed by atoms with Crippen LogP contribution in [-0.4, -0.2) is 45.4 Å². The SMILES string of the molecule is CCNS(=O)(=O)c1ccc(N)c(NCC2(O)CCOC2)c1. The maximum Gasteiger partial charge on any atom is 0.240 e. The van der Waals surface area contributed by atoms with Gasteiger partial charge in [0.05, 0.1) is 22.9 Å². The van der Waals surface area contributed by atoms with Gasteiger partial charge in [-0.15, -0.1) is 0 Å². The smallest absolute Gasteiger partial charge is 0.240 e. The van der Waals surface area contributed by atoms with Gasteiger partial charge in [0, 0.05) is 26.1 Å². The quantitative estimate of drug-likeness (QED) is 0.555. The van der Waals surface area contributed by atoms with Crippen molar-refractivity contribution in [1.29, 1.82) is 0 Å². The molecule has 0 radical (unpaired) electrons. The second kappa shape index (κ2) is 6.18. The molecule has 0 spiro atoms. The summed E-state index contributed by atoms with van der Waals surface area (Å²) in [6.45, 7) is 3.05. The van der Waals surface area contributed by atoms with Crippen LogP contribution in [-0.2, 0) is 14.8 Å². The first kappa shape index (κ1) is 16.0. The third kappa shape index (κ3) is 3.85. The molecule has 1 heterocycles.